The first kappa shape index (κ1) is 21.6. The Morgan fingerprint density at radius 2 is 1.85 bits per heavy atom. The van der Waals surface area contributed by atoms with Crippen molar-refractivity contribution in [2.45, 2.75) is 18.9 Å². The number of amides is 1. The number of carbonyl (C=O) groups is 2. The van der Waals surface area contributed by atoms with Crippen LogP contribution in [-0.2, 0) is 0 Å². The minimum absolute atomic E-state index is 0.0408. The number of rotatable bonds is 4. The lowest BCUT2D eigenvalue weighted by Crippen LogP contribution is -3.10. The number of carboxylic acid groups (broad SMARTS) is 1. The van der Waals surface area contributed by atoms with Crippen LogP contribution in [0, 0.1) is 5.82 Å². The second-order valence-corrected chi connectivity index (χ2v) is 8.99. The van der Waals surface area contributed by atoms with Crippen LogP contribution in [0.25, 0.3) is 10.9 Å². The van der Waals surface area contributed by atoms with E-state index in [0.717, 1.165) is 23.8 Å². The SMILES string of the molecule is O=C([O-])c1cn(C2CC2)c2cc([NH+]3CCN(C(=O)c4cccc(Cl)c4)CC3)c(F)cc2c1=O. The number of fused-ring (bicyclic) bond motifs is 1. The van der Waals surface area contributed by atoms with Crippen LogP contribution in [0.3, 0.4) is 0 Å². The predicted molar refractivity (Wildman–Crippen MR) is 118 cm³/mol. The van der Waals surface area contributed by atoms with Crippen molar-refractivity contribution in [3.63, 3.8) is 0 Å². The van der Waals surface area contributed by atoms with Crippen LogP contribution in [0.15, 0.2) is 47.4 Å². The summed E-state index contributed by atoms with van der Waals surface area (Å²) < 4.78 is 16.9. The largest absolute Gasteiger partial charge is 0.545 e. The number of piperazine rings is 1. The Hall–Kier alpha value is -3.23. The first-order chi connectivity index (χ1) is 15.8. The third-order valence-electron chi connectivity index (χ3n) is 6.39. The molecule has 0 unspecified atom stereocenters. The van der Waals surface area contributed by atoms with Crippen molar-refractivity contribution in [1.29, 1.82) is 0 Å². The van der Waals surface area contributed by atoms with Crippen molar-refractivity contribution in [2.75, 3.05) is 26.2 Å². The maximum absolute atomic E-state index is 15.1. The molecule has 1 aliphatic heterocycles. The topological polar surface area (TPSA) is 86.9 Å². The molecule has 9 heteroatoms. The molecule has 0 radical (unpaired) electrons. The normalized spacial score (nSPS) is 16.8. The number of hydrogen-bond acceptors (Lipinski definition) is 4. The first-order valence-corrected chi connectivity index (χ1v) is 11.2. The van der Waals surface area contributed by atoms with Crippen molar-refractivity contribution >= 4 is 40.1 Å². The summed E-state index contributed by atoms with van der Waals surface area (Å²) in [6.07, 6.45) is 3.05. The molecule has 0 spiro atoms. The van der Waals surface area contributed by atoms with Gasteiger partial charge in [0.25, 0.3) is 5.91 Å². The van der Waals surface area contributed by atoms with E-state index in [9.17, 15) is 19.5 Å². The fraction of sp³-hybridized carbons (Fsp3) is 0.292. The maximum Gasteiger partial charge on any atom is 0.254 e. The van der Waals surface area contributed by atoms with Crippen molar-refractivity contribution in [2.24, 2.45) is 0 Å². The van der Waals surface area contributed by atoms with Crippen LogP contribution in [0.4, 0.5) is 10.1 Å². The number of quaternary nitrogens is 1. The highest BCUT2D eigenvalue weighted by molar-refractivity contribution is 6.30. The molecule has 2 aromatic carbocycles. The van der Waals surface area contributed by atoms with Crippen molar-refractivity contribution < 1.29 is 24.0 Å². The van der Waals surface area contributed by atoms with Crippen molar-refractivity contribution in [1.82, 2.24) is 9.47 Å². The smallest absolute Gasteiger partial charge is 0.254 e. The number of halogens is 2. The molecule has 1 saturated carbocycles. The van der Waals surface area contributed by atoms with Crippen LogP contribution < -0.4 is 15.4 Å². The Morgan fingerprint density at radius 1 is 1.12 bits per heavy atom. The lowest BCUT2D eigenvalue weighted by atomic mass is 10.1. The summed E-state index contributed by atoms with van der Waals surface area (Å²) >= 11 is 6.00. The zero-order valence-electron chi connectivity index (χ0n) is 17.6. The Kier molecular flexibility index (Phi) is 5.42. The van der Waals surface area contributed by atoms with Gasteiger partial charge in [-0.3, -0.25) is 14.5 Å². The number of nitrogens with zero attached hydrogens (tertiary/aromatic N) is 2. The lowest BCUT2D eigenvalue weighted by Gasteiger charge is -2.32. The summed E-state index contributed by atoms with van der Waals surface area (Å²) in [4.78, 5) is 39.4. The summed E-state index contributed by atoms with van der Waals surface area (Å²) in [5.41, 5.74) is 0.252. The second kappa shape index (κ2) is 8.28. The summed E-state index contributed by atoms with van der Waals surface area (Å²) in [7, 11) is 0. The molecule has 33 heavy (non-hydrogen) atoms. The van der Waals surface area contributed by atoms with Gasteiger partial charge in [0.15, 0.2) is 16.9 Å². The first-order valence-electron chi connectivity index (χ1n) is 10.8. The van der Waals surface area contributed by atoms with Gasteiger partial charge in [-0.15, -0.1) is 0 Å². The summed E-state index contributed by atoms with van der Waals surface area (Å²) in [5.74, 6) is -2.25. The van der Waals surface area contributed by atoms with Gasteiger partial charge in [0, 0.05) is 34.3 Å². The second-order valence-electron chi connectivity index (χ2n) is 8.55. The van der Waals surface area contributed by atoms with Gasteiger partial charge in [-0.1, -0.05) is 17.7 Å². The van der Waals surface area contributed by atoms with Crippen LogP contribution >= 0.6 is 11.6 Å². The molecule has 1 aliphatic carbocycles. The van der Waals surface area contributed by atoms with E-state index in [4.69, 9.17) is 11.6 Å². The average molecular weight is 470 g/mol. The minimum Gasteiger partial charge on any atom is -0.545 e. The van der Waals surface area contributed by atoms with Crippen LogP contribution in [0.5, 0.6) is 0 Å². The number of aromatic nitrogens is 1. The van der Waals surface area contributed by atoms with Gasteiger partial charge in [0.05, 0.1) is 43.2 Å². The molecule has 3 aromatic rings. The van der Waals surface area contributed by atoms with Crippen LogP contribution in [0.1, 0.15) is 39.6 Å². The highest BCUT2D eigenvalue weighted by Crippen LogP contribution is 2.37. The van der Waals surface area contributed by atoms with Gasteiger partial charge < -0.3 is 19.4 Å². The third kappa shape index (κ3) is 4.00. The van der Waals surface area contributed by atoms with E-state index in [0.29, 0.717) is 48.0 Å². The monoisotopic (exact) mass is 469 g/mol. The number of pyridine rings is 1. The molecule has 2 aliphatic rings. The third-order valence-corrected chi connectivity index (χ3v) is 6.62. The highest BCUT2D eigenvalue weighted by atomic mass is 35.5. The Balaban J connectivity index is 1.44. The van der Waals surface area contributed by atoms with E-state index in [1.54, 1.807) is 39.8 Å². The van der Waals surface area contributed by atoms with E-state index >= 15 is 4.39 Å². The fourth-order valence-corrected chi connectivity index (χ4v) is 4.68. The van der Waals surface area contributed by atoms with E-state index in [-0.39, 0.29) is 17.3 Å². The Morgan fingerprint density at radius 3 is 2.48 bits per heavy atom. The van der Waals surface area contributed by atoms with E-state index in [1.807, 2.05) is 0 Å². The van der Waals surface area contributed by atoms with Crippen LogP contribution in [-0.4, -0.2) is 47.5 Å². The number of aromatic carboxylic acids is 1. The van der Waals surface area contributed by atoms with Gasteiger partial charge >= 0.3 is 0 Å². The highest BCUT2D eigenvalue weighted by Gasteiger charge is 2.30. The molecule has 1 saturated heterocycles. The quantitative estimate of drug-likeness (QED) is 0.621. The summed E-state index contributed by atoms with van der Waals surface area (Å²) in [6, 6.07) is 9.65. The van der Waals surface area contributed by atoms with Gasteiger partial charge in [-0.25, -0.2) is 4.39 Å². The molecule has 7 nitrogen and oxygen atoms in total. The molecule has 1 N–H and O–H groups in total. The fourth-order valence-electron chi connectivity index (χ4n) is 4.49. The molecule has 170 valence electrons. The zero-order chi connectivity index (χ0) is 23.3. The van der Waals surface area contributed by atoms with Gasteiger partial charge in [-0.05, 0) is 37.1 Å². The Bertz CT molecular complexity index is 1340. The number of benzene rings is 2. The summed E-state index contributed by atoms with van der Waals surface area (Å²) in [5, 5.41) is 11.9. The number of nitrogens with one attached hydrogen (secondary N) is 1. The molecule has 1 amide bonds. The molecule has 2 heterocycles. The van der Waals surface area contributed by atoms with E-state index in [2.05, 4.69) is 0 Å². The van der Waals surface area contributed by atoms with E-state index in [1.165, 1.54) is 6.20 Å². The van der Waals surface area contributed by atoms with Gasteiger partial charge in [0.1, 0.15) is 0 Å². The minimum atomic E-state index is -1.56. The van der Waals surface area contributed by atoms with Gasteiger partial charge in [-0.2, -0.15) is 0 Å². The predicted octanol–water partition coefficient (Wildman–Crippen LogP) is 1.16. The standard InChI is InChI=1S/C24H21ClFN3O4/c25-15-3-1-2-14(10-15)23(31)28-8-6-27(7-9-28)21-12-20-17(11-19(21)26)22(30)18(24(32)33)13-29(20)16-4-5-16/h1-3,10-13,16H,4-9H2,(H,32,33). The molecule has 5 rings (SSSR count). The number of hydrogen-bond donors (Lipinski definition) is 1. The van der Waals surface area contributed by atoms with Crippen molar-refractivity contribution in [3.05, 3.63) is 74.8 Å². The molecular weight excluding hydrogens is 449 g/mol. The average Bonchev–Trinajstić information content (AvgIpc) is 3.64. The molecule has 1 aromatic heterocycles. The molecular formula is C24H21ClFN3O4. The van der Waals surface area contributed by atoms with Crippen LogP contribution in [0.2, 0.25) is 5.02 Å². The summed E-state index contributed by atoms with van der Waals surface area (Å²) in [6.45, 7) is 1.88. The van der Waals surface area contributed by atoms with Crippen molar-refractivity contribution in [3.8, 4) is 0 Å². The maximum atomic E-state index is 15.1. The molecule has 0 bridgehead atoms. The van der Waals surface area contributed by atoms with Gasteiger partial charge in [0.2, 0.25) is 0 Å². The number of carbonyl (C=O) groups excluding carboxylic acids is 2. The Labute approximate surface area is 193 Å². The zero-order valence-corrected chi connectivity index (χ0v) is 18.4. The number of carboxylic acids is 1. The molecule has 0 atom stereocenters. The molecule has 2 fully saturated rings. The lowest BCUT2D eigenvalue weighted by molar-refractivity contribution is -0.838. The van der Waals surface area contributed by atoms with E-state index < -0.39 is 22.8 Å².